The standard InChI is InChI=1S/C11H17NO8/c1-6(15)12-8-7(3-18-4-13)9(17-2)11(19-5-14)20-10(8)16/h4-5,7-11,16H,3H2,1-2H3,(H,12,15)/p+1/t7?,8-,9-,10+,11?/m0/s1. The summed E-state index contributed by atoms with van der Waals surface area (Å²) in [6.07, 6.45) is -3.22. The van der Waals surface area contributed by atoms with E-state index in [-0.39, 0.29) is 19.6 Å². The van der Waals surface area contributed by atoms with Crippen LogP contribution in [0.3, 0.4) is 0 Å². The number of carbonyl (C=O) groups excluding carboxylic acids is 3. The number of carbonyl (C=O) groups is 3. The molecule has 1 saturated heterocycles. The van der Waals surface area contributed by atoms with Gasteiger partial charge >= 0.3 is 0 Å². The van der Waals surface area contributed by atoms with Crippen LogP contribution in [0.2, 0.25) is 0 Å². The molecule has 9 heteroatoms. The molecular formula is C11H18NO8+. The van der Waals surface area contributed by atoms with Crippen molar-refractivity contribution < 1.29 is 38.4 Å². The summed E-state index contributed by atoms with van der Waals surface area (Å²) in [5, 5.41) is 12.4. The second kappa shape index (κ2) is 7.78. The molecule has 1 fully saturated rings. The molecule has 1 heterocycles. The van der Waals surface area contributed by atoms with Crippen LogP contribution in [0.1, 0.15) is 6.92 Å². The van der Waals surface area contributed by atoms with Gasteiger partial charge in [-0.3, -0.25) is 14.4 Å². The topological polar surface area (TPSA) is 124 Å². The van der Waals surface area contributed by atoms with Crippen LogP contribution in [0.25, 0.3) is 0 Å². The molecule has 1 rings (SSSR count). The third-order valence-corrected chi connectivity index (χ3v) is 2.97. The quantitative estimate of drug-likeness (QED) is 0.398. The van der Waals surface area contributed by atoms with Crippen LogP contribution in [0.5, 0.6) is 0 Å². The first-order chi connectivity index (χ1) is 9.54. The monoisotopic (exact) mass is 292 g/mol. The SMILES string of the molecule is C[OH+][C@@H]1C(OC=O)O[C@@H](O)[C@@H](NC(C)=O)C1COC=O. The first-order valence-corrected chi connectivity index (χ1v) is 5.89. The minimum absolute atomic E-state index is 0.115. The first-order valence-electron chi connectivity index (χ1n) is 5.89. The second-order valence-corrected chi connectivity index (χ2v) is 4.20. The predicted molar refractivity (Wildman–Crippen MR) is 63.1 cm³/mol. The van der Waals surface area contributed by atoms with Gasteiger partial charge in [-0.25, -0.2) is 0 Å². The van der Waals surface area contributed by atoms with Crippen LogP contribution in [-0.2, 0) is 28.6 Å². The van der Waals surface area contributed by atoms with Gasteiger partial charge in [0.05, 0.1) is 12.0 Å². The fourth-order valence-corrected chi connectivity index (χ4v) is 2.17. The maximum Gasteiger partial charge on any atom is 0.295 e. The van der Waals surface area contributed by atoms with Gasteiger partial charge in [-0.05, 0) is 0 Å². The number of ether oxygens (including phenoxy) is 4. The second-order valence-electron chi connectivity index (χ2n) is 4.20. The molecule has 1 aliphatic heterocycles. The van der Waals surface area contributed by atoms with Gasteiger partial charge in [0.25, 0.3) is 19.2 Å². The third-order valence-electron chi connectivity index (χ3n) is 2.97. The predicted octanol–water partition coefficient (Wildman–Crippen LogP) is -2.35. The Balaban J connectivity index is 2.94. The zero-order chi connectivity index (χ0) is 15.1. The molecule has 114 valence electrons. The highest BCUT2D eigenvalue weighted by molar-refractivity contribution is 5.73. The molecule has 0 spiro atoms. The van der Waals surface area contributed by atoms with Crippen LogP contribution >= 0.6 is 0 Å². The molecule has 0 saturated carbocycles. The summed E-state index contributed by atoms with van der Waals surface area (Å²) in [6, 6.07) is -0.840. The normalized spacial score (nSPS) is 33.0. The Hall–Kier alpha value is -1.71. The van der Waals surface area contributed by atoms with E-state index >= 15 is 0 Å². The highest BCUT2D eigenvalue weighted by Crippen LogP contribution is 2.27. The first kappa shape index (κ1) is 16.3. The maximum atomic E-state index is 11.2. The molecule has 1 aliphatic rings. The molecule has 0 aromatic heterocycles. The van der Waals surface area contributed by atoms with E-state index in [1.165, 1.54) is 14.0 Å². The van der Waals surface area contributed by atoms with Crippen molar-refractivity contribution in [1.82, 2.24) is 5.32 Å². The van der Waals surface area contributed by atoms with Crippen LogP contribution < -0.4 is 5.32 Å². The fraction of sp³-hybridized carbons (Fsp3) is 0.727. The highest BCUT2D eigenvalue weighted by atomic mass is 16.8. The van der Waals surface area contributed by atoms with Crippen molar-refractivity contribution in [2.24, 2.45) is 5.92 Å². The van der Waals surface area contributed by atoms with E-state index in [4.69, 9.17) is 9.47 Å². The minimum atomic E-state index is -1.41. The van der Waals surface area contributed by atoms with Gasteiger partial charge in [0.15, 0.2) is 6.29 Å². The van der Waals surface area contributed by atoms with E-state index in [0.29, 0.717) is 0 Å². The van der Waals surface area contributed by atoms with Crippen molar-refractivity contribution >= 4 is 18.9 Å². The highest BCUT2D eigenvalue weighted by Gasteiger charge is 2.50. The fourth-order valence-electron chi connectivity index (χ4n) is 2.17. The zero-order valence-corrected chi connectivity index (χ0v) is 11.1. The van der Waals surface area contributed by atoms with Crippen LogP contribution in [0.4, 0.5) is 0 Å². The summed E-state index contributed by atoms with van der Waals surface area (Å²) >= 11 is 0. The number of hydrogen-bond acceptors (Lipinski definition) is 7. The summed E-state index contributed by atoms with van der Waals surface area (Å²) in [7, 11) is 1.46. The van der Waals surface area contributed by atoms with Crippen molar-refractivity contribution in [1.29, 1.82) is 0 Å². The van der Waals surface area contributed by atoms with E-state index in [9.17, 15) is 19.5 Å². The Kier molecular flexibility index (Phi) is 6.36. The lowest BCUT2D eigenvalue weighted by Crippen LogP contribution is -2.63. The Morgan fingerprint density at radius 2 is 2.15 bits per heavy atom. The van der Waals surface area contributed by atoms with Crippen LogP contribution in [-0.4, -0.2) is 67.1 Å². The third kappa shape index (κ3) is 3.89. The van der Waals surface area contributed by atoms with E-state index < -0.39 is 36.6 Å². The van der Waals surface area contributed by atoms with E-state index in [1.807, 2.05) is 0 Å². The zero-order valence-electron chi connectivity index (χ0n) is 11.1. The van der Waals surface area contributed by atoms with Crippen molar-refractivity contribution in [2.45, 2.75) is 31.6 Å². The summed E-state index contributed by atoms with van der Waals surface area (Å²) in [6.45, 7) is 1.58. The Morgan fingerprint density at radius 3 is 2.65 bits per heavy atom. The van der Waals surface area contributed by atoms with Crippen molar-refractivity contribution in [3.8, 4) is 0 Å². The van der Waals surface area contributed by atoms with Gasteiger partial charge in [-0.15, -0.1) is 0 Å². The average Bonchev–Trinajstić information content (AvgIpc) is 2.39. The number of amides is 1. The Bertz CT molecular complexity index is 349. The van der Waals surface area contributed by atoms with E-state index in [1.54, 1.807) is 0 Å². The molecule has 0 aromatic rings. The van der Waals surface area contributed by atoms with Crippen molar-refractivity contribution in [2.75, 3.05) is 13.7 Å². The van der Waals surface area contributed by atoms with Gasteiger partial charge < -0.3 is 29.4 Å². The summed E-state index contributed by atoms with van der Waals surface area (Å²) in [5.74, 6) is -0.985. The van der Waals surface area contributed by atoms with Crippen LogP contribution in [0, 0.1) is 5.92 Å². The minimum Gasteiger partial charge on any atom is -0.467 e. The molecule has 20 heavy (non-hydrogen) atoms. The number of nitrogens with one attached hydrogen (secondary N) is 1. The molecule has 0 radical (unpaired) electrons. The lowest BCUT2D eigenvalue weighted by Gasteiger charge is -2.40. The van der Waals surface area contributed by atoms with Gasteiger partial charge in [0, 0.05) is 6.92 Å². The number of rotatable bonds is 7. The Morgan fingerprint density at radius 1 is 1.45 bits per heavy atom. The van der Waals surface area contributed by atoms with Crippen LogP contribution in [0.15, 0.2) is 0 Å². The summed E-state index contributed by atoms with van der Waals surface area (Å²) in [5.41, 5.74) is 0. The molecule has 2 unspecified atom stereocenters. The molecule has 1 amide bonds. The lowest BCUT2D eigenvalue weighted by molar-refractivity contribution is -0.328. The molecule has 0 bridgehead atoms. The van der Waals surface area contributed by atoms with Crippen molar-refractivity contribution in [3.63, 3.8) is 0 Å². The smallest absolute Gasteiger partial charge is 0.295 e. The molecular weight excluding hydrogens is 274 g/mol. The average molecular weight is 292 g/mol. The molecule has 0 aromatic carbocycles. The maximum absolute atomic E-state index is 11.2. The van der Waals surface area contributed by atoms with Gasteiger partial charge in [-0.2, -0.15) is 0 Å². The number of aliphatic hydroxyl groups is 3. The van der Waals surface area contributed by atoms with Gasteiger partial charge in [0.2, 0.25) is 12.0 Å². The van der Waals surface area contributed by atoms with E-state index in [2.05, 4.69) is 14.8 Å². The molecule has 9 nitrogen and oxygen atoms in total. The molecule has 3 N–H and O–H groups in total. The summed E-state index contributed by atoms with van der Waals surface area (Å²) < 4.78 is 18.5. The summed E-state index contributed by atoms with van der Waals surface area (Å²) in [4.78, 5) is 32.0. The lowest BCUT2D eigenvalue weighted by atomic mass is 9.90. The largest absolute Gasteiger partial charge is 0.467 e. The van der Waals surface area contributed by atoms with Gasteiger partial charge in [0.1, 0.15) is 13.7 Å². The molecule has 5 atom stereocenters. The van der Waals surface area contributed by atoms with Crippen molar-refractivity contribution in [3.05, 3.63) is 0 Å². The Labute approximate surface area is 115 Å². The van der Waals surface area contributed by atoms with Gasteiger partial charge in [-0.1, -0.05) is 0 Å². The number of aliphatic hydroxyl groups excluding tert-OH is 1. The number of hydrogen-bond donors (Lipinski definition) is 2. The van der Waals surface area contributed by atoms with E-state index in [0.717, 1.165) is 0 Å². The molecule has 0 aliphatic carbocycles.